The normalized spacial score (nSPS) is 13.5. The van der Waals surface area contributed by atoms with E-state index in [-0.39, 0.29) is 0 Å². The average Bonchev–Trinajstić information content (AvgIpc) is 2.10. The third kappa shape index (κ3) is 2.93. The lowest BCUT2D eigenvalue weighted by Crippen LogP contribution is -1.96. The Kier molecular flexibility index (Phi) is 2.23. The molecule has 0 atom stereocenters. The summed E-state index contributed by atoms with van der Waals surface area (Å²) >= 11 is 0. The van der Waals surface area contributed by atoms with Crippen LogP contribution in [0.1, 0.15) is 11.8 Å². The van der Waals surface area contributed by atoms with Crippen molar-refractivity contribution < 1.29 is 4.42 Å². The first-order valence-corrected chi connectivity index (χ1v) is 6.45. The highest BCUT2D eigenvalue weighted by Crippen LogP contribution is 2.38. The molecule has 0 unspecified atom stereocenters. The Bertz CT molecular complexity index is 239. The topological polar surface area (TPSA) is 38.9 Å². The van der Waals surface area contributed by atoms with Crippen molar-refractivity contribution in [1.82, 2.24) is 10.2 Å². The van der Waals surface area contributed by atoms with Gasteiger partial charge in [-0.2, -0.15) is 0 Å². The van der Waals surface area contributed by atoms with Crippen molar-refractivity contribution in [2.75, 3.05) is 18.8 Å². The zero-order chi connectivity index (χ0) is 8.48. The first kappa shape index (κ1) is 8.59. The first-order chi connectivity index (χ1) is 4.97. The second kappa shape index (κ2) is 2.85. The molecule has 0 aliphatic carbocycles. The van der Waals surface area contributed by atoms with Crippen LogP contribution in [0.15, 0.2) is 4.42 Å². The van der Waals surface area contributed by atoms with E-state index >= 15 is 0 Å². The van der Waals surface area contributed by atoms with Crippen molar-refractivity contribution in [3.8, 4) is 0 Å². The molecular weight excluding hydrogens is 160 g/mol. The van der Waals surface area contributed by atoms with Crippen LogP contribution in [0, 0.1) is 6.92 Å². The van der Waals surface area contributed by atoms with Crippen molar-refractivity contribution in [2.24, 2.45) is 0 Å². The highest BCUT2D eigenvalue weighted by molar-refractivity contribution is 8.31. The van der Waals surface area contributed by atoms with Gasteiger partial charge in [0.05, 0.1) is 5.75 Å². The molecule has 0 amide bonds. The van der Waals surface area contributed by atoms with E-state index in [2.05, 4.69) is 29.0 Å². The maximum absolute atomic E-state index is 5.26. The molecule has 64 valence electrons. The van der Waals surface area contributed by atoms with Crippen molar-refractivity contribution in [3.63, 3.8) is 0 Å². The predicted octanol–water partition coefficient (Wildman–Crippen LogP) is 1.57. The summed E-state index contributed by atoms with van der Waals surface area (Å²) in [6, 6.07) is 0. The summed E-state index contributed by atoms with van der Waals surface area (Å²) in [6.45, 7) is 1.81. The molecule has 0 saturated heterocycles. The van der Waals surface area contributed by atoms with Gasteiger partial charge in [-0.05, 0) is 18.8 Å². The lowest BCUT2D eigenvalue weighted by atomic mass is 10.8. The predicted molar refractivity (Wildman–Crippen MR) is 48.1 cm³/mol. The van der Waals surface area contributed by atoms with Gasteiger partial charge in [0.2, 0.25) is 11.8 Å². The van der Waals surface area contributed by atoms with Crippen molar-refractivity contribution in [1.29, 1.82) is 0 Å². The minimum Gasteiger partial charge on any atom is -0.425 e. The van der Waals surface area contributed by atoms with Crippen LogP contribution in [-0.4, -0.2) is 29.0 Å². The highest BCUT2D eigenvalue weighted by Gasteiger charge is 2.10. The molecule has 1 aromatic heterocycles. The smallest absolute Gasteiger partial charge is 0.224 e. The van der Waals surface area contributed by atoms with Crippen LogP contribution in [0.4, 0.5) is 0 Å². The number of hydrogen-bond acceptors (Lipinski definition) is 3. The summed E-state index contributed by atoms with van der Waals surface area (Å²) in [5.41, 5.74) is 0. The molecule has 0 N–H and O–H groups in total. The summed E-state index contributed by atoms with van der Waals surface area (Å²) in [6.07, 6.45) is 6.69. The summed E-state index contributed by atoms with van der Waals surface area (Å²) < 4.78 is 5.26. The van der Waals surface area contributed by atoms with Gasteiger partial charge in [-0.15, -0.1) is 10.2 Å². The zero-order valence-electron chi connectivity index (χ0n) is 7.42. The molecule has 0 fully saturated rings. The van der Waals surface area contributed by atoms with E-state index < -0.39 is 10.0 Å². The number of hydrogen-bond donors (Lipinski definition) is 0. The van der Waals surface area contributed by atoms with E-state index in [4.69, 9.17) is 4.42 Å². The Hall–Kier alpha value is -0.510. The first-order valence-electron chi connectivity index (χ1n) is 3.42. The molecule has 4 heteroatoms. The van der Waals surface area contributed by atoms with E-state index in [0.29, 0.717) is 5.89 Å². The third-order valence-electron chi connectivity index (χ3n) is 1.12. The monoisotopic (exact) mass is 174 g/mol. The van der Waals surface area contributed by atoms with Gasteiger partial charge in [0.1, 0.15) is 0 Å². The van der Waals surface area contributed by atoms with Crippen molar-refractivity contribution >= 4 is 10.0 Å². The van der Waals surface area contributed by atoms with Gasteiger partial charge in [-0.1, -0.05) is 0 Å². The average molecular weight is 174 g/mol. The third-order valence-corrected chi connectivity index (χ3v) is 2.24. The van der Waals surface area contributed by atoms with Gasteiger partial charge in [-0.25, -0.2) is 10.0 Å². The maximum Gasteiger partial charge on any atom is 0.224 e. The molecule has 11 heavy (non-hydrogen) atoms. The van der Waals surface area contributed by atoms with E-state index in [1.54, 1.807) is 0 Å². The van der Waals surface area contributed by atoms with Gasteiger partial charge in [0, 0.05) is 6.92 Å². The SMILES string of the molecule is Cc1nnc(CS(C)(C)C)o1. The summed E-state index contributed by atoms with van der Waals surface area (Å²) in [5.74, 6) is 2.35. The lowest BCUT2D eigenvalue weighted by Gasteiger charge is -2.21. The van der Waals surface area contributed by atoms with Crippen LogP contribution in [0.2, 0.25) is 0 Å². The van der Waals surface area contributed by atoms with Crippen molar-refractivity contribution in [3.05, 3.63) is 11.8 Å². The van der Waals surface area contributed by atoms with Crippen LogP contribution in [-0.2, 0) is 5.75 Å². The van der Waals surface area contributed by atoms with E-state index in [1.165, 1.54) is 0 Å². The Morgan fingerprint density at radius 1 is 1.27 bits per heavy atom. The molecule has 0 aliphatic rings. The number of rotatable bonds is 2. The van der Waals surface area contributed by atoms with Crippen LogP contribution in [0.3, 0.4) is 0 Å². The zero-order valence-corrected chi connectivity index (χ0v) is 8.23. The molecule has 0 bridgehead atoms. The molecule has 1 aromatic rings. The highest BCUT2D eigenvalue weighted by atomic mass is 32.3. The van der Waals surface area contributed by atoms with Gasteiger partial charge < -0.3 is 4.42 Å². The maximum atomic E-state index is 5.26. The van der Waals surface area contributed by atoms with Gasteiger partial charge in [0.25, 0.3) is 0 Å². The van der Waals surface area contributed by atoms with Crippen LogP contribution in [0.25, 0.3) is 0 Å². The second-order valence-electron chi connectivity index (χ2n) is 3.45. The Morgan fingerprint density at radius 3 is 2.27 bits per heavy atom. The minimum atomic E-state index is -0.560. The molecule has 0 saturated carbocycles. The van der Waals surface area contributed by atoms with Crippen LogP contribution >= 0.6 is 10.0 Å². The van der Waals surface area contributed by atoms with Crippen LogP contribution in [0.5, 0.6) is 0 Å². The molecule has 0 spiro atoms. The fourth-order valence-corrected chi connectivity index (χ4v) is 1.62. The molecule has 3 nitrogen and oxygen atoms in total. The minimum absolute atomic E-state index is 0.560. The summed E-state index contributed by atoms with van der Waals surface area (Å²) in [7, 11) is -0.560. The number of aromatic nitrogens is 2. The largest absolute Gasteiger partial charge is 0.425 e. The summed E-state index contributed by atoms with van der Waals surface area (Å²) in [4.78, 5) is 0. The van der Waals surface area contributed by atoms with Crippen molar-refractivity contribution in [2.45, 2.75) is 12.7 Å². The van der Waals surface area contributed by atoms with E-state index in [1.807, 2.05) is 6.92 Å². The summed E-state index contributed by atoms with van der Waals surface area (Å²) in [5, 5.41) is 7.70. The Labute approximate surface area is 68.5 Å². The Balaban J connectivity index is 2.65. The fraction of sp³-hybridized carbons (Fsp3) is 0.714. The molecule has 0 aliphatic heterocycles. The van der Waals surface area contributed by atoms with Crippen LogP contribution < -0.4 is 0 Å². The van der Waals surface area contributed by atoms with E-state index in [0.717, 1.165) is 11.6 Å². The molecular formula is C7H14N2OS. The molecule has 0 radical (unpaired) electrons. The van der Waals surface area contributed by atoms with Gasteiger partial charge in [-0.3, -0.25) is 0 Å². The number of aryl methyl sites for hydroxylation is 1. The van der Waals surface area contributed by atoms with E-state index in [9.17, 15) is 0 Å². The fourth-order valence-electron chi connectivity index (χ4n) is 0.766. The standard InChI is InChI=1S/C7H14N2OS/c1-6-8-9-7(10-6)5-11(2,3)4/h5H2,1-4H3. The van der Waals surface area contributed by atoms with Gasteiger partial charge in [0.15, 0.2) is 0 Å². The Morgan fingerprint density at radius 2 is 1.91 bits per heavy atom. The molecule has 1 rings (SSSR count). The van der Waals surface area contributed by atoms with Gasteiger partial charge >= 0.3 is 0 Å². The molecule has 0 aromatic carbocycles. The quantitative estimate of drug-likeness (QED) is 0.683. The lowest BCUT2D eigenvalue weighted by molar-refractivity contribution is 0.485. The number of nitrogens with zero attached hydrogens (tertiary/aromatic N) is 2. The second-order valence-corrected chi connectivity index (χ2v) is 7.92. The molecule has 1 heterocycles.